The fourth-order valence-electron chi connectivity index (χ4n) is 0.786. The van der Waals surface area contributed by atoms with Crippen LogP contribution >= 0.6 is 9.24 Å². The van der Waals surface area contributed by atoms with Gasteiger partial charge in [-0.3, -0.25) is 0 Å². The van der Waals surface area contributed by atoms with E-state index in [-0.39, 0.29) is 0 Å². The molecule has 0 aliphatic heterocycles. The average molecular weight is 157 g/mol. The Morgan fingerprint density at radius 2 is 2.30 bits per heavy atom. The van der Waals surface area contributed by atoms with E-state index in [0.29, 0.717) is 0 Å². The summed E-state index contributed by atoms with van der Waals surface area (Å²) in [7, 11) is 2.67. The normalized spacial score (nSPS) is 12.9. The van der Waals surface area contributed by atoms with Crippen molar-refractivity contribution in [1.82, 2.24) is 0 Å². The maximum Gasteiger partial charge on any atom is -0.00368 e. The van der Waals surface area contributed by atoms with Gasteiger partial charge >= 0.3 is 0 Å². The molecule has 58 valence electrons. The minimum atomic E-state index is 0.737. The Morgan fingerprint density at radius 3 is 2.70 bits per heavy atom. The molecule has 1 atom stereocenters. The fourth-order valence-corrected chi connectivity index (χ4v) is 1.09. The van der Waals surface area contributed by atoms with Gasteiger partial charge in [0.1, 0.15) is 0 Å². The Balaban J connectivity index is 3.84. The first kappa shape index (κ1) is 9.87. The zero-order valence-corrected chi connectivity index (χ0v) is 7.66. The lowest BCUT2D eigenvalue weighted by molar-refractivity contribution is 0.971. The minimum absolute atomic E-state index is 0.737. The molecular formula is C8H16NP. The van der Waals surface area contributed by atoms with Crippen LogP contribution in [0.2, 0.25) is 0 Å². The molecule has 0 amide bonds. The van der Waals surface area contributed by atoms with Gasteiger partial charge in [0, 0.05) is 0 Å². The van der Waals surface area contributed by atoms with Gasteiger partial charge in [-0.1, -0.05) is 23.8 Å². The summed E-state index contributed by atoms with van der Waals surface area (Å²) in [5.41, 5.74) is 6.74. The number of nitrogens with two attached hydrogens (primary N) is 1. The highest BCUT2D eigenvalue weighted by atomic mass is 31.0. The summed E-state index contributed by atoms with van der Waals surface area (Å²) in [6.07, 6.45) is 8.33. The molecule has 0 aliphatic rings. The second-order valence-corrected chi connectivity index (χ2v) is 2.52. The third kappa shape index (κ3) is 4.72. The van der Waals surface area contributed by atoms with Gasteiger partial charge in [-0.25, -0.2) is 0 Å². The molecule has 2 heteroatoms. The van der Waals surface area contributed by atoms with E-state index < -0.39 is 0 Å². The molecule has 0 fully saturated rings. The van der Waals surface area contributed by atoms with E-state index >= 15 is 0 Å². The molecular weight excluding hydrogens is 141 g/mol. The van der Waals surface area contributed by atoms with Crippen molar-refractivity contribution in [3.63, 3.8) is 0 Å². The van der Waals surface area contributed by atoms with Crippen molar-refractivity contribution in [3.8, 4) is 0 Å². The minimum Gasteiger partial charge on any atom is -0.330 e. The highest BCUT2D eigenvalue weighted by Gasteiger charge is 1.86. The van der Waals surface area contributed by atoms with Gasteiger partial charge < -0.3 is 5.73 Å². The van der Waals surface area contributed by atoms with Crippen LogP contribution in [0.5, 0.6) is 0 Å². The van der Waals surface area contributed by atoms with Gasteiger partial charge in [-0.15, -0.1) is 9.24 Å². The fraction of sp³-hybridized carbons (Fsp3) is 0.500. The summed E-state index contributed by atoms with van der Waals surface area (Å²) in [5.74, 6) is 0. The molecule has 10 heavy (non-hydrogen) atoms. The first-order valence-corrected chi connectivity index (χ1v) is 4.38. The monoisotopic (exact) mass is 157 g/mol. The highest BCUT2D eigenvalue weighted by molar-refractivity contribution is 7.16. The van der Waals surface area contributed by atoms with Gasteiger partial charge in [0.15, 0.2) is 0 Å². The van der Waals surface area contributed by atoms with Crippen molar-refractivity contribution in [1.29, 1.82) is 0 Å². The summed E-state index contributed by atoms with van der Waals surface area (Å²) in [5, 5.41) is 0. The van der Waals surface area contributed by atoms with E-state index in [0.717, 1.165) is 19.1 Å². The van der Waals surface area contributed by atoms with Crippen LogP contribution in [0.1, 0.15) is 13.3 Å². The molecule has 0 radical (unpaired) electrons. The predicted octanol–water partition coefficient (Wildman–Crippen LogP) is 1.71. The topological polar surface area (TPSA) is 26.0 Å². The summed E-state index contributed by atoms with van der Waals surface area (Å²) < 4.78 is 0. The van der Waals surface area contributed by atoms with E-state index in [1.807, 2.05) is 13.0 Å². The lowest BCUT2D eigenvalue weighted by Gasteiger charge is -1.96. The largest absolute Gasteiger partial charge is 0.330 e. The van der Waals surface area contributed by atoms with Crippen molar-refractivity contribution in [2.75, 3.05) is 12.7 Å². The molecule has 0 rings (SSSR count). The third-order valence-corrected chi connectivity index (χ3v) is 1.43. The second-order valence-electron chi connectivity index (χ2n) is 2.05. The van der Waals surface area contributed by atoms with Crippen molar-refractivity contribution in [2.24, 2.45) is 5.73 Å². The molecule has 0 aromatic rings. The van der Waals surface area contributed by atoms with Gasteiger partial charge in [-0.2, -0.15) is 0 Å². The van der Waals surface area contributed by atoms with Gasteiger partial charge in [0.2, 0.25) is 0 Å². The van der Waals surface area contributed by atoms with Crippen molar-refractivity contribution in [3.05, 3.63) is 23.8 Å². The molecule has 0 spiro atoms. The average Bonchev–Trinajstić information content (AvgIpc) is 1.90. The Kier molecular flexibility index (Phi) is 6.89. The molecule has 1 nitrogen and oxygen atoms in total. The summed E-state index contributed by atoms with van der Waals surface area (Å²) in [4.78, 5) is 0. The molecule has 0 saturated carbocycles. The quantitative estimate of drug-likeness (QED) is 0.488. The number of rotatable bonds is 4. The smallest absolute Gasteiger partial charge is 0.00368 e. The third-order valence-electron chi connectivity index (χ3n) is 1.19. The molecule has 0 aliphatic carbocycles. The van der Waals surface area contributed by atoms with Gasteiger partial charge in [0.25, 0.3) is 0 Å². The van der Waals surface area contributed by atoms with Crippen LogP contribution in [0.15, 0.2) is 23.8 Å². The molecule has 0 heterocycles. The van der Waals surface area contributed by atoms with E-state index in [9.17, 15) is 0 Å². The number of allylic oxidation sites excluding steroid dienone is 3. The predicted molar refractivity (Wildman–Crippen MR) is 51.1 cm³/mol. The van der Waals surface area contributed by atoms with Gasteiger partial charge in [0.05, 0.1) is 0 Å². The summed E-state index contributed by atoms with van der Waals surface area (Å²) in [6, 6.07) is 0. The standard InChI is InChI=1S/C8H16NP/c1-2-3-8(4-6-9)5-7-10/h2-3,5H,4,6-7,9-10H2,1H3/b3-2-,8-5+. The second kappa shape index (κ2) is 6.98. The van der Waals surface area contributed by atoms with Crippen LogP contribution in [0.25, 0.3) is 0 Å². The molecule has 0 aromatic carbocycles. The Labute approximate surface area is 65.6 Å². The molecule has 0 bridgehead atoms. The van der Waals surface area contributed by atoms with Crippen molar-refractivity contribution in [2.45, 2.75) is 13.3 Å². The lowest BCUT2D eigenvalue weighted by atomic mass is 10.1. The van der Waals surface area contributed by atoms with Crippen LogP contribution in [0, 0.1) is 0 Å². The number of hydrogen-bond donors (Lipinski definition) is 1. The van der Waals surface area contributed by atoms with Crippen LogP contribution in [0.3, 0.4) is 0 Å². The zero-order valence-electron chi connectivity index (χ0n) is 6.51. The zero-order chi connectivity index (χ0) is 7.82. The molecule has 1 unspecified atom stereocenters. The Morgan fingerprint density at radius 1 is 1.60 bits per heavy atom. The first-order valence-electron chi connectivity index (χ1n) is 3.57. The summed E-state index contributed by atoms with van der Waals surface area (Å²) in [6.45, 7) is 2.76. The van der Waals surface area contributed by atoms with Gasteiger partial charge in [-0.05, 0) is 26.1 Å². The van der Waals surface area contributed by atoms with E-state index in [1.165, 1.54) is 5.57 Å². The van der Waals surface area contributed by atoms with E-state index in [4.69, 9.17) is 5.73 Å². The van der Waals surface area contributed by atoms with Crippen LogP contribution < -0.4 is 5.73 Å². The molecule has 2 N–H and O–H groups in total. The maximum absolute atomic E-state index is 5.41. The highest BCUT2D eigenvalue weighted by Crippen LogP contribution is 2.02. The van der Waals surface area contributed by atoms with E-state index in [1.54, 1.807) is 0 Å². The van der Waals surface area contributed by atoms with Crippen LogP contribution in [0.4, 0.5) is 0 Å². The number of hydrogen-bond acceptors (Lipinski definition) is 1. The first-order chi connectivity index (χ1) is 4.85. The van der Waals surface area contributed by atoms with Crippen LogP contribution in [-0.2, 0) is 0 Å². The lowest BCUT2D eigenvalue weighted by Crippen LogP contribution is -1.99. The summed E-state index contributed by atoms with van der Waals surface area (Å²) >= 11 is 0. The SMILES string of the molecule is C/C=C\C(=C/CP)CCN. The maximum atomic E-state index is 5.41. The Hall–Kier alpha value is -0.130. The van der Waals surface area contributed by atoms with E-state index in [2.05, 4.69) is 21.4 Å². The van der Waals surface area contributed by atoms with Crippen molar-refractivity contribution < 1.29 is 0 Å². The molecule has 0 aromatic heterocycles. The van der Waals surface area contributed by atoms with Crippen molar-refractivity contribution >= 4 is 9.24 Å². The Bertz CT molecular complexity index is 127. The van der Waals surface area contributed by atoms with Crippen LogP contribution in [-0.4, -0.2) is 12.7 Å². The molecule has 0 saturated heterocycles.